The molecular weight excluding hydrogens is 471 g/mol. The first-order chi connectivity index (χ1) is 16.1. The fraction of sp³-hybridized carbons (Fsp3) is 0.286. The number of hydrogen-bond acceptors (Lipinski definition) is 9. The number of unbranched alkanes of at least 4 members (excludes halogenated alkanes) is 2. The van der Waals surface area contributed by atoms with Crippen molar-refractivity contribution in [2.75, 3.05) is 19.0 Å². The second-order valence-corrected chi connectivity index (χ2v) is 7.86. The van der Waals surface area contributed by atoms with Crippen LogP contribution in [0.1, 0.15) is 25.1 Å². The molecule has 0 saturated heterocycles. The summed E-state index contributed by atoms with van der Waals surface area (Å²) in [7, 11) is 1.52. The van der Waals surface area contributed by atoms with Crippen molar-refractivity contribution in [3.05, 3.63) is 56.9 Å². The molecule has 0 amide bonds. The average Bonchev–Trinajstić information content (AvgIpc) is 3.32. The zero-order valence-corrected chi connectivity index (χ0v) is 19.1. The highest BCUT2D eigenvalue weighted by molar-refractivity contribution is 6.39. The molecule has 0 bridgehead atoms. The summed E-state index contributed by atoms with van der Waals surface area (Å²) in [6.07, 6.45) is 6.22. The minimum Gasteiger partial charge on any atom is -0.493 e. The molecule has 4 rings (SSSR count). The molecule has 2 N–H and O–H groups in total. The predicted molar refractivity (Wildman–Crippen MR) is 124 cm³/mol. The van der Waals surface area contributed by atoms with Gasteiger partial charge in [0.2, 0.25) is 5.75 Å². The van der Waals surface area contributed by atoms with Crippen molar-refractivity contribution in [3.63, 3.8) is 0 Å². The second-order valence-electron chi connectivity index (χ2n) is 7.04. The van der Waals surface area contributed by atoms with E-state index in [2.05, 4.69) is 30.9 Å². The van der Waals surface area contributed by atoms with Gasteiger partial charge in [-0.3, -0.25) is 4.98 Å². The number of nitrogens with one attached hydrogen (secondary N) is 2. The van der Waals surface area contributed by atoms with E-state index in [1.54, 1.807) is 12.1 Å². The van der Waals surface area contributed by atoms with Gasteiger partial charge in [-0.05, 0) is 31.4 Å². The van der Waals surface area contributed by atoms with Crippen LogP contribution < -0.4 is 20.4 Å². The van der Waals surface area contributed by atoms with E-state index in [1.807, 2.05) is 0 Å². The molecule has 1 aromatic carbocycles. The lowest BCUT2D eigenvalue weighted by molar-refractivity contribution is 0.284. The lowest BCUT2D eigenvalue weighted by atomic mass is 10.1. The first-order valence-electron chi connectivity index (χ1n) is 10.1. The number of rotatable bonds is 10. The largest absolute Gasteiger partial charge is 0.493 e. The summed E-state index contributed by atoms with van der Waals surface area (Å²) < 4.78 is 16.9. The van der Waals surface area contributed by atoms with Gasteiger partial charge in [0.1, 0.15) is 0 Å². The van der Waals surface area contributed by atoms with E-state index in [4.69, 9.17) is 37.1 Å². The first kappa shape index (κ1) is 22.8. The lowest BCUT2D eigenvalue weighted by Crippen LogP contribution is -2.05. The van der Waals surface area contributed by atoms with Crippen LogP contribution in [-0.2, 0) is 6.42 Å². The zero-order valence-electron chi connectivity index (χ0n) is 17.6. The van der Waals surface area contributed by atoms with Crippen molar-refractivity contribution in [1.82, 2.24) is 25.6 Å². The Balaban J connectivity index is 1.55. The van der Waals surface area contributed by atoms with Gasteiger partial charge in [0, 0.05) is 30.3 Å². The molecule has 10 nitrogen and oxygen atoms in total. The van der Waals surface area contributed by atoms with E-state index in [1.165, 1.54) is 25.6 Å². The van der Waals surface area contributed by atoms with Crippen molar-refractivity contribution in [2.24, 2.45) is 0 Å². The number of pyridine rings is 1. The molecule has 3 aromatic heterocycles. The third kappa shape index (κ3) is 5.35. The van der Waals surface area contributed by atoms with Crippen LogP contribution in [0.5, 0.6) is 11.5 Å². The number of hydrogen-bond donors (Lipinski definition) is 2. The van der Waals surface area contributed by atoms with E-state index in [9.17, 15) is 4.79 Å². The fourth-order valence-corrected chi connectivity index (χ4v) is 3.73. The number of H-pyrrole nitrogens is 1. The van der Waals surface area contributed by atoms with Crippen LogP contribution in [0.2, 0.25) is 10.0 Å². The smallest absolute Gasteiger partial charge is 0.338 e. The van der Waals surface area contributed by atoms with Crippen LogP contribution in [0.4, 0.5) is 11.4 Å². The molecule has 4 aromatic rings. The van der Waals surface area contributed by atoms with Gasteiger partial charge < -0.3 is 19.2 Å². The zero-order chi connectivity index (χ0) is 23.2. The maximum absolute atomic E-state index is 12.3. The quantitative estimate of drug-likeness (QED) is 0.242. The SMILES string of the molecule is COc1ccc2c(Nc3c(Cl)cncc3Cl)cc(=O)oc2c1OCCCCCc1nn[nH]n1. The Morgan fingerprint density at radius 1 is 1.15 bits per heavy atom. The number of aromatic amines is 1. The third-order valence-electron chi connectivity index (χ3n) is 4.84. The topological polar surface area (TPSA) is 128 Å². The highest BCUT2D eigenvalue weighted by Crippen LogP contribution is 2.40. The Kier molecular flexibility index (Phi) is 7.26. The normalized spacial score (nSPS) is 11.0. The van der Waals surface area contributed by atoms with Gasteiger partial charge in [-0.2, -0.15) is 5.21 Å². The number of halogens is 2. The first-order valence-corrected chi connectivity index (χ1v) is 10.9. The van der Waals surface area contributed by atoms with Gasteiger partial charge in [0.15, 0.2) is 17.2 Å². The maximum atomic E-state index is 12.3. The van der Waals surface area contributed by atoms with Crippen LogP contribution in [0.25, 0.3) is 11.0 Å². The Hall–Kier alpha value is -3.37. The summed E-state index contributed by atoms with van der Waals surface area (Å²) in [6.45, 7) is 0.408. The summed E-state index contributed by atoms with van der Waals surface area (Å²) in [5.74, 6) is 1.48. The molecule has 0 aliphatic carbocycles. The second kappa shape index (κ2) is 10.5. The minimum atomic E-state index is -0.565. The van der Waals surface area contributed by atoms with Crippen molar-refractivity contribution in [1.29, 1.82) is 0 Å². The van der Waals surface area contributed by atoms with Crippen LogP contribution in [0.15, 0.2) is 39.8 Å². The van der Waals surface area contributed by atoms with E-state index in [0.717, 1.165) is 25.7 Å². The molecule has 0 saturated carbocycles. The number of ether oxygens (including phenoxy) is 2. The number of nitrogens with zero attached hydrogens (tertiary/aromatic N) is 4. The van der Waals surface area contributed by atoms with Crippen LogP contribution in [-0.4, -0.2) is 39.3 Å². The maximum Gasteiger partial charge on any atom is 0.338 e. The summed E-state index contributed by atoms with van der Waals surface area (Å²) in [5, 5.41) is 18.2. The van der Waals surface area contributed by atoms with E-state index in [0.29, 0.717) is 50.7 Å². The molecule has 0 radical (unpaired) electrons. The van der Waals surface area contributed by atoms with E-state index in [-0.39, 0.29) is 5.58 Å². The highest BCUT2D eigenvalue weighted by atomic mass is 35.5. The number of aromatic nitrogens is 5. The number of methoxy groups -OCH3 is 1. The molecule has 12 heteroatoms. The Morgan fingerprint density at radius 3 is 2.70 bits per heavy atom. The molecule has 172 valence electrons. The number of fused-ring (bicyclic) bond motifs is 1. The third-order valence-corrected chi connectivity index (χ3v) is 5.42. The molecule has 0 fully saturated rings. The standard InChI is InChI=1S/C21H20Cl2N6O4/c1-31-16-7-6-12-15(25-19-13(22)10-24-11-14(19)23)9-18(30)33-20(12)21(16)32-8-4-2-3-5-17-26-28-29-27-17/h6-7,9-11H,2-5,8H2,1H3,(H,24,25)(H,26,27,28,29). The molecular formula is C21H20Cl2N6O4. The number of benzene rings is 1. The molecule has 0 aliphatic heterocycles. The van der Waals surface area contributed by atoms with E-state index < -0.39 is 5.63 Å². The van der Waals surface area contributed by atoms with E-state index >= 15 is 0 Å². The molecule has 0 unspecified atom stereocenters. The van der Waals surface area contributed by atoms with Gasteiger partial charge in [-0.25, -0.2) is 4.79 Å². The summed E-state index contributed by atoms with van der Waals surface area (Å²) >= 11 is 12.4. The molecule has 0 spiro atoms. The van der Waals surface area contributed by atoms with Gasteiger partial charge in [-0.1, -0.05) is 28.4 Å². The van der Waals surface area contributed by atoms with Crippen molar-refractivity contribution in [3.8, 4) is 11.5 Å². The van der Waals surface area contributed by atoms with Gasteiger partial charge >= 0.3 is 5.63 Å². The van der Waals surface area contributed by atoms with Gasteiger partial charge in [0.05, 0.1) is 35.1 Å². The molecule has 33 heavy (non-hydrogen) atoms. The van der Waals surface area contributed by atoms with Gasteiger partial charge in [0.25, 0.3) is 0 Å². The fourth-order valence-electron chi connectivity index (χ4n) is 3.27. The summed E-state index contributed by atoms with van der Waals surface area (Å²) in [5.41, 5.74) is 0.589. The Morgan fingerprint density at radius 2 is 1.97 bits per heavy atom. The molecule has 3 heterocycles. The lowest BCUT2D eigenvalue weighted by Gasteiger charge is -2.15. The summed E-state index contributed by atoms with van der Waals surface area (Å²) in [6, 6.07) is 4.83. The van der Waals surface area contributed by atoms with Gasteiger partial charge in [-0.15, -0.1) is 10.2 Å². The number of anilines is 2. The van der Waals surface area contributed by atoms with Crippen molar-refractivity contribution in [2.45, 2.75) is 25.7 Å². The van der Waals surface area contributed by atoms with Crippen LogP contribution >= 0.6 is 23.2 Å². The summed E-state index contributed by atoms with van der Waals surface area (Å²) in [4.78, 5) is 16.3. The Bertz CT molecular complexity index is 1280. The number of aryl methyl sites for hydroxylation is 1. The van der Waals surface area contributed by atoms with Crippen molar-refractivity contribution >= 4 is 45.5 Å². The molecule has 0 aliphatic rings. The Labute approximate surface area is 198 Å². The highest BCUT2D eigenvalue weighted by Gasteiger charge is 2.17. The monoisotopic (exact) mass is 490 g/mol. The molecule has 0 atom stereocenters. The predicted octanol–water partition coefficient (Wildman–Crippen LogP) is 4.55. The van der Waals surface area contributed by atoms with Crippen molar-refractivity contribution < 1.29 is 13.9 Å². The van der Waals surface area contributed by atoms with Crippen LogP contribution in [0.3, 0.4) is 0 Å². The van der Waals surface area contributed by atoms with Crippen LogP contribution in [0, 0.1) is 0 Å². The number of tetrazole rings is 1. The average molecular weight is 491 g/mol. The minimum absolute atomic E-state index is 0.262.